The Morgan fingerprint density at radius 3 is 2.53 bits per heavy atom. The standard InChI is InChI=1S/C9H10N4S.CH4O3S/c1-5-12-7-4-6(13-9(10)11)2-3-8(7)14-5;1-5(2,3)4/h2-4H,1H3,(H4,10,11,13);1H3,(H,2,3,4). The molecule has 19 heavy (non-hydrogen) atoms. The van der Waals surface area contributed by atoms with Crippen LogP contribution in [-0.4, -0.2) is 30.2 Å². The van der Waals surface area contributed by atoms with Crippen molar-refractivity contribution in [1.29, 1.82) is 0 Å². The van der Waals surface area contributed by atoms with Crippen LogP contribution in [0.4, 0.5) is 5.69 Å². The molecule has 0 unspecified atom stereocenters. The van der Waals surface area contributed by atoms with E-state index in [1.54, 1.807) is 11.3 Å². The van der Waals surface area contributed by atoms with Gasteiger partial charge in [0.2, 0.25) is 0 Å². The van der Waals surface area contributed by atoms with Crippen LogP contribution in [0, 0.1) is 6.92 Å². The summed E-state index contributed by atoms with van der Waals surface area (Å²) in [6, 6.07) is 5.72. The highest BCUT2D eigenvalue weighted by Crippen LogP contribution is 2.25. The highest BCUT2D eigenvalue weighted by atomic mass is 32.2. The fourth-order valence-corrected chi connectivity index (χ4v) is 2.06. The van der Waals surface area contributed by atoms with Crippen LogP contribution in [-0.2, 0) is 10.1 Å². The topological polar surface area (TPSA) is 132 Å². The van der Waals surface area contributed by atoms with Crippen LogP contribution in [0.2, 0.25) is 0 Å². The van der Waals surface area contributed by atoms with Crippen molar-refractivity contribution in [2.45, 2.75) is 6.92 Å². The van der Waals surface area contributed by atoms with Gasteiger partial charge in [0.1, 0.15) is 0 Å². The van der Waals surface area contributed by atoms with Gasteiger partial charge in [-0.1, -0.05) is 0 Å². The Morgan fingerprint density at radius 1 is 1.42 bits per heavy atom. The van der Waals surface area contributed by atoms with Crippen molar-refractivity contribution in [3.05, 3.63) is 23.2 Å². The lowest BCUT2D eigenvalue weighted by Crippen LogP contribution is -2.21. The lowest BCUT2D eigenvalue weighted by Gasteiger charge is -1.93. The summed E-state index contributed by atoms with van der Waals surface area (Å²) in [4.78, 5) is 8.30. The van der Waals surface area contributed by atoms with Gasteiger partial charge in [-0.2, -0.15) is 8.42 Å². The molecular formula is C10H14N4O3S2. The fourth-order valence-electron chi connectivity index (χ4n) is 1.25. The van der Waals surface area contributed by atoms with Crippen molar-refractivity contribution >= 4 is 43.3 Å². The average molecular weight is 302 g/mol. The smallest absolute Gasteiger partial charge is 0.261 e. The molecular weight excluding hydrogens is 288 g/mol. The summed E-state index contributed by atoms with van der Waals surface area (Å²) in [5.41, 5.74) is 12.2. The monoisotopic (exact) mass is 302 g/mol. The van der Waals surface area contributed by atoms with Crippen molar-refractivity contribution in [3.8, 4) is 0 Å². The number of aliphatic imine (C=N–C) groups is 1. The minimum atomic E-state index is -3.67. The lowest BCUT2D eigenvalue weighted by atomic mass is 10.3. The average Bonchev–Trinajstić information content (AvgIpc) is 2.53. The van der Waals surface area contributed by atoms with Gasteiger partial charge in [-0.25, -0.2) is 9.98 Å². The van der Waals surface area contributed by atoms with Crippen LogP contribution in [0.3, 0.4) is 0 Å². The summed E-state index contributed by atoms with van der Waals surface area (Å²) in [7, 11) is -3.67. The summed E-state index contributed by atoms with van der Waals surface area (Å²) in [6.45, 7) is 1.98. The molecule has 0 spiro atoms. The van der Waals surface area contributed by atoms with Gasteiger partial charge in [0.05, 0.1) is 27.2 Å². The number of rotatable bonds is 1. The Hall–Kier alpha value is -1.71. The Balaban J connectivity index is 0.000000312. The molecule has 0 fully saturated rings. The van der Waals surface area contributed by atoms with Crippen LogP contribution in [0.15, 0.2) is 23.2 Å². The number of thiazole rings is 1. The van der Waals surface area contributed by atoms with Crippen LogP contribution >= 0.6 is 11.3 Å². The van der Waals surface area contributed by atoms with Crippen molar-refractivity contribution in [3.63, 3.8) is 0 Å². The molecule has 0 atom stereocenters. The number of aromatic nitrogens is 1. The minimum Gasteiger partial charge on any atom is -0.370 e. The summed E-state index contributed by atoms with van der Waals surface area (Å²) in [5.74, 6) is 0.0660. The molecule has 104 valence electrons. The predicted molar refractivity (Wildman–Crippen MR) is 77.3 cm³/mol. The highest BCUT2D eigenvalue weighted by Gasteiger charge is 2.00. The number of guanidine groups is 1. The van der Waals surface area contributed by atoms with E-state index in [0.717, 1.165) is 20.9 Å². The van der Waals surface area contributed by atoms with Crippen molar-refractivity contribution in [1.82, 2.24) is 4.98 Å². The first-order chi connectivity index (χ1) is 8.65. The number of nitrogens with two attached hydrogens (primary N) is 2. The first-order valence-corrected chi connectivity index (χ1v) is 7.71. The zero-order valence-electron chi connectivity index (χ0n) is 10.4. The van der Waals surface area contributed by atoms with E-state index in [-0.39, 0.29) is 5.96 Å². The van der Waals surface area contributed by atoms with Crippen LogP contribution in [0.1, 0.15) is 5.01 Å². The molecule has 0 bridgehead atoms. The largest absolute Gasteiger partial charge is 0.370 e. The van der Waals surface area contributed by atoms with Gasteiger partial charge in [-0.05, 0) is 25.1 Å². The van der Waals surface area contributed by atoms with Gasteiger partial charge in [0.15, 0.2) is 5.96 Å². The van der Waals surface area contributed by atoms with E-state index < -0.39 is 10.1 Å². The molecule has 2 rings (SSSR count). The van der Waals surface area contributed by atoms with Gasteiger partial charge in [0, 0.05) is 0 Å². The number of hydrogen-bond donors (Lipinski definition) is 3. The molecule has 0 aliphatic rings. The molecule has 7 nitrogen and oxygen atoms in total. The maximum absolute atomic E-state index is 9.19. The predicted octanol–water partition coefficient (Wildman–Crippen LogP) is 1.01. The van der Waals surface area contributed by atoms with Crippen LogP contribution in [0.5, 0.6) is 0 Å². The van der Waals surface area contributed by atoms with Crippen LogP contribution in [0.25, 0.3) is 10.2 Å². The molecule has 0 aliphatic carbocycles. The molecule has 0 saturated heterocycles. The minimum absolute atomic E-state index is 0.0660. The second kappa shape index (κ2) is 5.95. The van der Waals surface area contributed by atoms with E-state index >= 15 is 0 Å². The Labute approximate surface area is 114 Å². The lowest BCUT2D eigenvalue weighted by molar-refractivity contribution is 0.490. The quantitative estimate of drug-likeness (QED) is 0.409. The number of aryl methyl sites for hydroxylation is 1. The normalized spacial score (nSPS) is 10.7. The third-order valence-corrected chi connectivity index (χ3v) is 2.69. The zero-order chi connectivity index (χ0) is 14.6. The molecule has 2 aromatic rings. The number of benzene rings is 1. The first-order valence-electron chi connectivity index (χ1n) is 5.04. The van der Waals surface area contributed by atoms with Crippen LogP contribution < -0.4 is 11.5 Å². The third kappa shape index (κ3) is 6.13. The molecule has 1 aromatic heterocycles. The van der Waals surface area contributed by atoms with E-state index in [0.29, 0.717) is 6.26 Å². The van der Waals surface area contributed by atoms with E-state index in [9.17, 15) is 8.42 Å². The summed E-state index contributed by atoms with van der Waals surface area (Å²) < 4.78 is 27.0. The van der Waals surface area contributed by atoms with Gasteiger partial charge < -0.3 is 11.5 Å². The van der Waals surface area contributed by atoms with Gasteiger partial charge >= 0.3 is 0 Å². The maximum Gasteiger partial charge on any atom is 0.261 e. The van der Waals surface area contributed by atoms with Crippen molar-refractivity contribution in [2.24, 2.45) is 16.5 Å². The molecule has 0 saturated carbocycles. The molecule has 1 heterocycles. The van der Waals surface area contributed by atoms with E-state index in [1.807, 2.05) is 25.1 Å². The molecule has 0 amide bonds. The number of nitrogens with zero attached hydrogens (tertiary/aromatic N) is 2. The van der Waals surface area contributed by atoms with Gasteiger partial charge in [-0.3, -0.25) is 4.55 Å². The highest BCUT2D eigenvalue weighted by molar-refractivity contribution is 7.85. The maximum atomic E-state index is 9.19. The molecule has 0 aliphatic heterocycles. The van der Waals surface area contributed by atoms with Crippen molar-refractivity contribution in [2.75, 3.05) is 6.26 Å². The third-order valence-electron chi connectivity index (χ3n) is 1.74. The summed E-state index contributed by atoms with van der Waals surface area (Å²) in [5, 5.41) is 1.04. The fraction of sp³-hybridized carbons (Fsp3) is 0.200. The molecule has 9 heteroatoms. The SMILES string of the molecule is CS(=O)(=O)O.Cc1nc2cc(N=C(N)N)ccc2s1. The zero-order valence-corrected chi connectivity index (χ0v) is 12.0. The summed E-state index contributed by atoms with van der Waals surface area (Å²) in [6.07, 6.45) is 0.715. The molecule has 5 N–H and O–H groups in total. The van der Waals surface area contributed by atoms with E-state index in [2.05, 4.69) is 9.98 Å². The molecule has 1 aromatic carbocycles. The van der Waals surface area contributed by atoms with Gasteiger partial charge in [0.25, 0.3) is 10.1 Å². The van der Waals surface area contributed by atoms with E-state index in [4.69, 9.17) is 16.0 Å². The number of hydrogen-bond acceptors (Lipinski definition) is 5. The van der Waals surface area contributed by atoms with Gasteiger partial charge in [-0.15, -0.1) is 11.3 Å². The van der Waals surface area contributed by atoms with E-state index in [1.165, 1.54) is 0 Å². The first kappa shape index (κ1) is 15.3. The Bertz CT molecular complexity index is 695. The molecule has 0 radical (unpaired) electrons. The Kier molecular flexibility index (Phi) is 4.81. The second-order valence-electron chi connectivity index (χ2n) is 3.65. The summed E-state index contributed by atoms with van der Waals surface area (Å²) >= 11 is 1.66. The second-order valence-corrected chi connectivity index (χ2v) is 6.36. The van der Waals surface area contributed by atoms with Crippen molar-refractivity contribution < 1.29 is 13.0 Å². The number of fused-ring (bicyclic) bond motifs is 1. The Morgan fingerprint density at radius 2 is 2.00 bits per heavy atom.